The Hall–Kier alpha value is -2.42. The molecule has 2 aliphatic heterocycles. The molecule has 2 aliphatic rings. The monoisotopic (exact) mass is 419 g/mol. The number of nitrogens with two attached hydrogens (primary N) is 1. The summed E-state index contributed by atoms with van der Waals surface area (Å²) in [6, 6.07) is 3.27. The summed E-state index contributed by atoms with van der Waals surface area (Å²) in [5.41, 5.74) is 5.39. The number of piperidine rings is 1. The molecule has 0 aliphatic carbocycles. The summed E-state index contributed by atoms with van der Waals surface area (Å²) < 4.78 is 13.9. The number of likely N-dealkylation sites (tertiary alicyclic amines) is 1. The molecule has 2 fully saturated rings. The predicted octanol–water partition coefficient (Wildman–Crippen LogP) is 0.942. The second kappa shape index (κ2) is 11.1. The van der Waals surface area contributed by atoms with Crippen LogP contribution < -0.4 is 21.3 Å². The van der Waals surface area contributed by atoms with E-state index in [9.17, 15) is 9.18 Å². The van der Waals surface area contributed by atoms with Gasteiger partial charge in [-0.25, -0.2) is 9.37 Å². The lowest BCUT2D eigenvalue weighted by atomic mass is 9.96. The van der Waals surface area contributed by atoms with Gasteiger partial charge in [0.1, 0.15) is 0 Å². The van der Waals surface area contributed by atoms with Gasteiger partial charge in [0.05, 0.1) is 0 Å². The second-order valence-corrected chi connectivity index (χ2v) is 8.11. The van der Waals surface area contributed by atoms with Gasteiger partial charge in [0.25, 0.3) is 0 Å². The van der Waals surface area contributed by atoms with Gasteiger partial charge in [0.15, 0.2) is 17.6 Å². The maximum absolute atomic E-state index is 13.9. The van der Waals surface area contributed by atoms with Crippen molar-refractivity contribution >= 4 is 17.7 Å². The standard InChI is InChI=1S/C21H34FN7O/c1-24-21(26-9-2-3-11-28-12-6-16(7-13-28)19(23)30)27-17-8-14-29(15-17)20-18(22)5-4-10-25-20/h4-5,10,16-17H,2-3,6-9,11-15H2,1H3,(H2,23,30)(H2,24,26,27). The number of hydrogen-bond donors (Lipinski definition) is 3. The van der Waals surface area contributed by atoms with Crippen molar-refractivity contribution < 1.29 is 9.18 Å². The number of nitrogens with one attached hydrogen (secondary N) is 2. The minimum Gasteiger partial charge on any atom is -0.369 e. The molecule has 3 rings (SSSR count). The first-order valence-corrected chi connectivity index (χ1v) is 10.9. The number of unbranched alkanes of at least 4 members (excludes halogenated alkanes) is 1. The van der Waals surface area contributed by atoms with Crippen LogP contribution in [-0.4, -0.2) is 74.1 Å². The molecule has 166 valence electrons. The molecule has 0 saturated carbocycles. The quantitative estimate of drug-likeness (QED) is 0.330. The summed E-state index contributed by atoms with van der Waals surface area (Å²) in [5.74, 6) is 0.820. The van der Waals surface area contributed by atoms with E-state index in [-0.39, 0.29) is 23.7 Å². The summed E-state index contributed by atoms with van der Waals surface area (Å²) in [5, 5.41) is 6.81. The van der Waals surface area contributed by atoms with Crippen molar-refractivity contribution in [2.75, 3.05) is 51.2 Å². The largest absolute Gasteiger partial charge is 0.369 e. The lowest BCUT2D eigenvalue weighted by Crippen LogP contribution is -2.45. The molecule has 0 radical (unpaired) electrons. The Labute approximate surface area is 178 Å². The highest BCUT2D eigenvalue weighted by atomic mass is 19.1. The highest BCUT2D eigenvalue weighted by Crippen LogP contribution is 2.20. The number of guanidine groups is 1. The van der Waals surface area contributed by atoms with Gasteiger partial charge >= 0.3 is 0 Å². The Morgan fingerprint density at radius 3 is 2.80 bits per heavy atom. The van der Waals surface area contributed by atoms with Gasteiger partial charge in [-0.3, -0.25) is 9.79 Å². The number of primary amides is 1. The van der Waals surface area contributed by atoms with Gasteiger partial charge in [-0.2, -0.15) is 0 Å². The fraction of sp³-hybridized carbons (Fsp3) is 0.667. The first kappa shape index (κ1) is 22.3. The Balaban J connectivity index is 1.30. The number of halogens is 1. The summed E-state index contributed by atoms with van der Waals surface area (Å²) in [6.45, 7) is 5.29. The number of nitrogens with zero attached hydrogens (tertiary/aromatic N) is 4. The van der Waals surface area contributed by atoms with E-state index in [1.165, 1.54) is 6.07 Å². The molecule has 0 spiro atoms. The van der Waals surface area contributed by atoms with Gasteiger partial charge in [0, 0.05) is 44.8 Å². The molecule has 0 bridgehead atoms. The number of hydrogen-bond acceptors (Lipinski definition) is 5. The lowest BCUT2D eigenvalue weighted by molar-refractivity contribution is -0.123. The first-order valence-electron chi connectivity index (χ1n) is 10.9. The van der Waals surface area contributed by atoms with E-state index >= 15 is 0 Å². The Morgan fingerprint density at radius 2 is 2.10 bits per heavy atom. The number of aromatic nitrogens is 1. The Bertz CT molecular complexity index is 721. The molecular formula is C21H34FN7O. The molecule has 1 unspecified atom stereocenters. The molecule has 1 atom stereocenters. The molecular weight excluding hydrogens is 385 g/mol. The maximum Gasteiger partial charge on any atom is 0.220 e. The smallest absolute Gasteiger partial charge is 0.220 e. The summed E-state index contributed by atoms with van der Waals surface area (Å²) >= 11 is 0. The zero-order chi connectivity index (χ0) is 21.3. The Kier molecular flexibility index (Phi) is 8.24. The molecule has 4 N–H and O–H groups in total. The van der Waals surface area contributed by atoms with E-state index in [2.05, 4.69) is 25.5 Å². The summed E-state index contributed by atoms with van der Waals surface area (Å²) in [6.07, 6.45) is 6.45. The number of aliphatic imine (C=N–C) groups is 1. The van der Waals surface area contributed by atoms with Crippen LogP contribution in [0.3, 0.4) is 0 Å². The normalized spacial score (nSPS) is 21.1. The minimum absolute atomic E-state index is 0.0537. The molecule has 8 nitrogen and oxygen atoms in total. The highest BCUT2D eigenvalue weighted by Gasteiger charge is 2.26. The molecule has 1 aromatic heterocycles. The third kappa shape index (κ3) is 6.29. The van der Waals surface area contributed by atoms with Crippen LogP contribution in [0.25, 0.3) is 0 Å². The zero-order valence-corrected chi connectivity index (χ0v) is 17.8. The van der Waals surface area contributed by atoms with Crippen molar-refractivity contribution in [3.63, 3.8) is 0 Å². The maximum atomic E-state index is 13.9. The van der Waals surface area contributed by atoms with Crippen LogP contribution in [0, 0.1) is 11.7 Å². The average molecular weight is 420 g/mol. The van der Waals surface area contributed by atoms with E-state index in [0.29, 0.717) is 12.4 Å². The van der Waals surface area contributed by atoms with Crippen LogP contribution in [0.4, 0.5) is 10.2 Å². The van der Waals surface area contributed by atoms with E-state index in [4.69, 9.17) is 5.73 Å². The topological polar surface area (TPSA) is 98.9 Å². The number of anilines is 1. The fourth-order valence-corrected chi connectivity index (χ4v) is 4.18. The van der Waals surface area contributed by atoms with Crippen molar-refractivity contribution in [1.29, 1.82) is 0 Å². The van der Waals surface area contributed by atoms with Gasteiger partial charge < -0.3 is 26.2 Å². The minimum atomic E-state index is -0.278. The predicted molar refractivity (Wildman–Crippen MR) is 117 cm³/mol. The lowest BCUT2D eigenvalue weighted by Gasteiger charge is -2.30. The molecule has 3 heterocycles. The highest BCUT2D eigenvalue weighted by molar-refractivity contribution is 5.80. The van der Waals surface area contributed by atoms with Crippen LogP contribution in [0.5, 0.6) is 0 Å². The van der Waals surface area contributed by atoms with E-state index in [0.717, 1.165) is 70.8 Å². The third-order valence-corrected chi connectivity index (χ3v) is 5.97. The zero-order valence-electron chi connectivity index (χ0n) is 17.8. The van der Waals surface area contributed by atoms with E-state index < -0.39 is 0 Å². The number of carbonyl (C=O) groups excluding carboxylic acids is 1. The van der Waals surface area contributed by atoms with Crippen molar-refractivity contribution in [1.82, 2.24) is 20.5 Å². The fourth-order valence-electron chi connectivity index (χ4n) is 4.18. The molecule has 1 aromatic rings. The van der Waals surface area contributed by atoms with E-state index in [1.54, 1.807) is 19.3 Å². The first-order chi connectivity index (χ1) is 14.6. The molecule has 9 heteroatoms. The summed E-state index contributed by atoms with van der Waals surface area (Å²) in [4.78, 5) is 24.1. The number of carbonyl (C=O) groups is 1. The number of amides is 1. The van der Waals surface area contributed by atoms with Crippen LogP contribution in [0.1, 0.15) is 32.1 Å². The van der Waals surface area contributed by atoms with E-state index in [1.807, 2.05) is 4.90 Å². The third-order valence-electron chi connectivity index (χ3n) is 5.97. The SMILES string of the molecule is CN=C(NCCCCN1CCC(C(N)=O)CC1)NC1CCN(c2ncccc2F)C1. The van der Waals surface area contributed by atoms with Crippen molar-refractivity contribution in [2.24, 2.45) is 16.6 Å². The average Bonchev–Trinajstić information content (AvgIpc) is 3.21. The molecule has 30 heavy (non-hydrogen) atoms. The molecule has 1 amide bonds. The summed E-state index contributed by atoms with van der Waals surface area (Å²) in [7, 11) is 1.77. The van der Waals surface area contributed by atoms with Gasteiger partial charge in [-0.05, 0) is 63.9 Å². The van der Waals surface area contributed by atoms with Crippen molar-refractivity contribution in [2.45, 2.75) is 38.1 Å². The number of pyridine rings is 1. The van der Waals surface area contributed by atoms with Crippen molar-refractivity contribution in [3.8, 4) is 0 Å². The van der Waals surface area contributed by atoms with Crippen molar-refractivity contribution in [3.05, 3.63) is 24.1 Å². The van der Waals surface area contributed by atoms with Crippen LogP contribution in [0.15, 0.2) is 23.3 Å². The van der Waals surface area contributed by atoms with Gasteiger partial charge in [-0.1, -0.05) is 0 Å². The van der Waals surface area contributed by atoms with Gasteiger partial charge in [0.2, 0.25) is 5.91 Å². The second-order valence-electron chi connectivity index (χ2n) is 8.11. The Morgan fingerprint density at radius 1 is 1.30 bits per heavy atom. The van der Waals surface area contributed by atoms with Crippen LogP contribution >= 0.6 is 0 Å². The molecule has 0 aromatic carbocycles. The molecule has 2 saturated heterocycles. The number of rotatable bonds is 8. The van der Waals surface area contributed by atoms with Crippen LogP contribution in [-0.2, 0) is 4.79 Å². The van der Waals surface area contributed by atoms with Gasteiger partial charge in [-0.15, -0.1) is 0 Å². The van der Waals surface area contributed by atoms with Crippen LogP contribution in [0.2, 0.25) is 0 Å².